The summed E-state index contributed by atoms with van der Waals surface area (Å²) in [5, 5.41) is 11.8. The van der Waals surface area contributed by atoms with Crippen LogP contribution < -0.4 is 9.47 Å². The fourth-order valence-corrected chi connectivity index (χ4v) is 3.71. The number of benzene rings is 2. The quantitative estimate of drug-likeness (QED) is 0.840. The van der Waals surface area contributed by atoms with Crippen molar-refractivity contribution in [3.63, 3.8) is 0 Å². The van der Waals surface area contributed by atoms with Gasteiger partial charge in [0.05, 0.1) is 32.2 Å². The molecule has 0 aliphatic carbocycles. The zero-order chi connectivity index (χ0) is 17.2. The van der Waals surface area contributed by atoms with Gasteiger partial charge in [-0.3, -0.25) is 0 Å². The van der Waals surface area contributed by atoms with Crippen LogP contribution in [-0.4, -0.2) is 36.5 Å². The summed E-state index contributed by atoms with van der Waals surface area (Å²) >= 11 is 1.58. The summed E-state index contributed by atoms with van der Waals surface area (Å²) in [6.07, 6.45) is 0. The molecule has 4 rings (SSSR count). The van der Waals surface area contributed by atoms with Gasteiger partial charge < -0.3 is 14.4 Å². The largest absolute Gasteiger partial charge is 0.493 e. The van der Waals surface area contributed by atoms with E-state index in [0.29, 0.717) is 12.3 Å². The highest BCUT2D eigenvalue weighted by Gasteiger charge is 2.29. The zero-order valence-corrected chi connectivity index (χ0v) is 14.8. The SMILES string of the molecule is COc1ccc(C2=CSC3=NN=C(c4ccccc4)CN23)cc1OC. The Hall–Kier alpha value is -2.73. The second kappa shape index (κ2) is 6.64. The monoisotopic (exact) mass is 351 g/mol. The predicted octanol–water partition coefficient (Wildman–Crippen LogP) is 3.82. The van der Waals surface area contributed by atoms with E-state index >= 15 is 0 Å². The molecule has 0 spiro atoms. The Morgan fingerprint density at radius 2 is 1.72 bits per heavy atom. The smallest absolute Gasteiger partial charge is 0.194 e. The van der Waals surface area contributed by atoms with Crippen LogP contribution in [0.2, 0.25) is 0 Å². The number of thioether (sulfide) groups is 1. The molecule has 0 atom stereocenters. The van der Waals surface area contributed by atoms with Crippen molar-refractivity contribution in [2.75, 3.05) is 20.8 Å². The van der Waals surface area contributed by atoms with Crippen molar-refractivity contribution in [2.24, 2.45) is 10.2 Å². The first-order chi connectivity index (χ1) is 12.3. The summed E-state index contributed by atoms with van der Waals surface area (Å²) in [6, 6.07) is 16.1. The van der Waals surface area contributed by atoms with E-state index in [1.807, 2.05) is 36.4 Å². The number of rotatable bonds is 4. The number of amidine groups is 1. The standard InChI is InChI=1S/C19H17N3O2S/c1-23-17-9-8-14(10-18(17)24-2)16-12-25-19-21-20-15(11-22(16)19)13-6-4-3-5-7-13/h3-10,12H,11H2,1-2H3. The van der Waals surface area contributed by atoms with Gasteiger partial charge in [-0.15, -0.1) is 5.10 Å². The van der Waals surface area contributed by atoms with Crippen molar-refractivity contribution in [3.8, 4) is 11.5 Å². The molecular weight excluding hydrogens is 334 g/mol. The van der Waals surface area contributed by atoms with E-state index in [9.17, 15) is 0 Å². The van der Waals surface area contributed by atoms with E-state index in [4.69, 9.17) is 9.47 Å². The molecule has 2 aromatic rings. The van der Waals surface area contributed by atoms with Crippen LogP contribution in [0.3, 0.4) is 0 Å². The lowest BCUT2D eigenvalue weighted by Crippen LogP contribution is -2.32. The third-order valence-corrected chi connectivity index (χ3v) is 5.00. The van der Waals surface area contributed by atoms with Gasteiger partial charge in [-0.2, -0.15) is 5.10 Å². The van der Waals surface area contributed by atoms with Gasteiger partial charge in [0.1, 0.15) is 0 Å². The molecule has 0 saturated heterocycles. The molecule has 126 valence electrons. The predicted molar refractivity (Wildman–Crippen MR) is 102 cm³/mol. The Morgan fingerprint density at radius 1 is 0.920 bits per heavy atom. The molecular formula is C19H17N3O2S. The molecule has 0 amide bonds. The fourth-order valence-electron chi connectivity index (χ4n) is 2.85. The van der Waals surface area contributed by atoms with Gasteiger partial charge in [0, 0.05) is 11.0 Å². The normalized spacial score (nSPS) is 15.9. The van der Waals surface area contributed by atoms with Gasteiger partial charge in [-0.05, 0) is 23.8 Å². The Bertz CT molecular complexity index is 891. The van der Waals surface area contributed by atoms with Gasteiger partial charge in [0.25, 0.3) is 0 Å². The minimum atomic E-state index is 0.691. The van der Waals surface area contributed by atoms with E-state index in [2.05, 4.69) is 32.6 Å². The van der Waals surface area contributed by atoms with E-state index < -0.39 is 0 Å². The van der Waals surface area contributed by atoms with Crippen LogP contribution in [0, 0.1) is 0 Å². The maximum Gasteiger partial charge on any atom is 0.194 e. The van der Waals surface area contributed by atoms with Gasteiger partial charge in [-0.25, -0.2) is 0 Å². The second-order valence-electron chi connectivity index (χ2n) is 5.57. The number of methoxy groups -OCH3 is 2. The van der Waals surface area contributed by atoms with Gasteiger partial charge >= 0.3 is 0 Å². The Kier molecular flexibility index (Phi) is 4.19. The van der Waals surface area contributed by atoms with Gasteiger partial charge in [-0.1, -0.05) is 42.1 Å². The van der Waals surface area contributed by atoms with Crippen LogP contribution in [0.1, 0.15) is 11.1 Å². The fraction of sp³-hybridized carbons (Fsp3) is 0.158. The summed E-state index contributed by atoms with van der Waals surface area (Å²) in [4.78, 5) is 2.18. The summed E-state index contributed by atoms with van der Waals surface area (Å²) in [5.74, 6) is 1.43. The molecule has 6 heteroatoms. The van der Waals surface area contributed by atoms with Crippen LogP contribution in [0.25, 0.3) is 5.70 Å². The Balaban J connectivity index is 1.64. The number of nitrogens with zero attached hydrogens (tertiary/aromatic N) is 3. The first kappa shape index (κ1) is 15.8. The average Bonchev–Trinajstić information content (AvgIpc) is 3.11. The maximum absolute atomic E-state index is 5.43. The molecule has 2 aliphatic heterocycles. The molecule has 2 aromatic carbocycles. The molecule has 0 aromatic heterocycles. The van der Waals surface area contributed by atoms with Crippen molar-refractivity contribution < 1.29 is 9.47 Å². The second-order valence-corrected chi connectivity index (χ2v) is 6.41. The van der Waals surface area contributed by atoms with Crippen LogP contribution >= 0.6 is 11.8 Å². The molecule has 2 aliphatic rings. The van der Waals surface area contributed by atoms with Crippen LogP contribution in [0.4, 0.5) is 0 Å². The average molecular weight is 351 g/mol. The Labute approximate surface area is 150 Å². The molecule has 0 fully saturated rings. The van der Waals surface area contributed by atoms with Crippen LogP contribution in [0.5, 0.6) is 11.5 Å². The minimum absolute atomic E-state index is 0.691. The number of ether oxygens (including phenoxy) is 2. The molecule has 0 bridgehead atoms. The van der Waals surface area contributed by atoms with Crippen molar-refractivity contribution in [2.45, 2.75) is 0 Å². The summed E-state index contributed by atoms with van der Waals surface area (Å²) in [5.41, 5.74) is 4.20. The van der Waals surface area contributed by atoms with Crippen molar-refractivity contribution in [1.82, 2.24) is 4.90 Å². The number of hydrogen-bond donors (Lipinski definition) is 0. The van der Waals surface area contributed by atoms with Crippen molar-refractivity contribution in [3.05, 3.63) is 65.1 Å². The highest BCUT2D eigenvalue weighted by atomic mass is 32.2. The van der Waals surface area contributed by atoms with E-state index in [-0.39, 0.29) is 0 Å². The number of hydrogen-bond acceptors (Lipinski definition) is 6. The lowest BCUT2D eigenvalue weighted by atomic mass is 10.1. The summed E-state index contributed by atoms with van der Waals surface area (Å²) in [6.45, 7) is 0.691. The Morgan fingerprint density at radius 3 is 2.48 bits per heavy atom. The van der Waals surface area contributed by atoms with Gasteiger partial charge in [0.2, 0.25) is 0 Å². The third-order valence-electron chi connectivity index (χ3n) is 4.15. The summed E-state index contributed by atoms with van der Waals surface area (Å²) in [7, 11) is 3.29. The minimum Gasteiger partial charge on any atom is -0.493 e. The molecule has 5 nitrogen and oxygen atoms in total. The lowest BCUT2D eigenvalue weighted by Gasteiger charge is -2.25. The molecule has 0 N–H and O–H groups in total. The maximum atomic E-state index is 5.43. The van der Waals surface area contributed by atoms with Crippen LogP contribution in [-0.2, 0) is 0 Å². The van der Waals surface area contributed by atoms with Crippen molar-refractivity contribution >= 4 is 28.3 Å². The topological polar surface area (TPSA) is 46.4 Å². The van der Waals surface area contributed by atoms with E-state index in [1.165, 1.54) is 0 Å². The first-order valence-electron chi connectivity index (χ1n) is 7.87. The van der Waals surface area contributed by atoms with E-state index in [1.54, 1.807) is 26.0 Å². The highest BCUT2D eigenvalue weighted by molar-refractivity contribution is 8.16. The first-order valence-corrected chi connectivity index (χ1v) is 8.75. The molecule has 0 saturated carbocycles. The molecule has 0 unspecified atom stereocenters. The lowest BCUT2D eigenvalue weighted by molar-refractivity contribution is 0.355. The van der Waals surface area contributed by atoms with Crippen LogP contribution in [0.15, 0.2) is 64.1 Å². The number of fused-ring (bicyclic) bond motifs is 1. The highest BCUT2D eigenvalue weighted by Crippen LogP contribution is 2.38. The summed E-state index contributed by atoms with van der Waals surface area (Å²) < 4.78 is 10.8. The van der Waals surface area contributed by atoms with Crippen molar-refractivity contribution in [1.29, 1.82) is 0 Å². The van der Waals surface area contributed by atoms with E-state index in [0.717, 1.165) is 33.5 Å². The molecule has 0 radical (unpaired) electrons. The molecule has 2 heterocycles. The molecule has 25 heavy (non-hydrogen) atoms. The van der Waals surface area contributed by atoms with Gasteiger partial charge in [0.15, 0.2) is 16.7 Å². The zero-order valence-electron chi connectivity index (χ0n) is 14.0. The third kappa shape index (κ3) is 2.89.